The summed E-state index contributed by atoms with van der Waals surface area (Å²) in [5, 5.41) is 10.0. The number of rotatable bonds is 4. The minimum atomic E-state index is -0.272. The molecule has 9 heteroatoms. The van der Waals surface area contributed by atoms with Gasteiger partial charge < -0.3 is 26.6 Å². The largest absolute Gasteiger partial charge is 0.372 e. The van der Waals surface area contributed by atoms with Crippen molar-refractivity contribution in [3.63, 3.8) is 0 Å². The molecule has 33 heavy (non-hydrogen) atoms. The standard InChI is InChI=1S/C24H32N8O/c25-21(33)18-14-4-5-15(12-14)19(18)29-23-20-22(27-13-26-20)30-24(31-23)28-16-6-8-17(9-7-16)32-10-2-1-3-11-32/h6-9,13-15,18-20,22H,1-5,10-12H2,(H2,25,33)(H,26,27)(H2,28,29,30,31). The Morgan fingerprint density at radius 3 is 2.70 bits per heavy atom. The van der Waals surface area contributed by atoms with Crippen molar-refractivity contribution >= 4 is 35.4 Å². The van der Waals surface area contributed by atoms with Crippen LogP contribution in [0, 0.1) is 17.8 Å². The number of hydrogen-bond donors (Lipinski definition) is 4. The average Bonchev–Trinajstić information content (AvgIpc) is 3.56. The molecule has 6 unspecified atom stereocenters. The van der Waals surface area contributed by atoms with Crippen LogP contribution in [-0.2, 0) is 4.79 Å². The Kier molecular flexibility index (Phi) is 5.19. The maximum Gasteiger partial charge on any atom is 0.222 e. The summed E-state index contributed by atoms with van der Waals surface area (Å²) in [7, 11) is 0. The van der Waals surface area contributed by atoms with Crippen LogP contribution in [0.25, 0.3) is 0 Å². The fourth-order valence-corrected chi connectivity index (χ4v) is 6.29. The first-order valence-electron chi connectivity index (χ1n) is 12.3. The maximum absolute atomic E-state index is 12.2. The van der Waals surface area contributed by atoms with Crippen LogP contribution < -0.4 is 26.6 Å². The predicted molar refractivity (Wildman–Crippen MR) is 131 cm³/mol. The van der Waals surface area contributed by atoms with E-state index >= 15 is 0 Å². The van der Waals surface area contributed by atoms with E-state index in [0.717, 1.165) is 43.9 Å². The number of amidine groups is 1. The normalized spacial score (nSPS) is 35.7. The lowest BCUT2D eigenvalue weighted by Gasteiger charge is -2.31. The number of carbonyl (C=O) groups excluding carboxylic acids is 1. The van der Waals surface area contributed by atoms with Crippen LogP contribution in [-0.4, -0.2) is 55.4 Å². The molecular weight excluding hydrogens is 416 g/mol. The number of aliphatic imine (C=N–C) groups is 3. The van der Waals surface area contributed by atoms with Crippen molar-refractivity contribution < 1.29 is 4.79 Å². The molecule has 1 saturated heterocycles. The van der Waals surface area contributed by atoms with Crippen molar-refractivity contribution in [1.82, 2.24) is 10.6 Å². The van der Waals surface area contributed by atoms with Crippen molar-refractivity contribution in [1.29, 1.82) is 0 Å². The van der Waals surface area contributed by atoms with Gasteiger partial charge in [-0.1, -0.05) is 0 Å². The Hall–Kier alpha value is -3.10. The van der Waals surface area contributed by atoms with E-state index in [0.29, 0.717) is 17.8 Å². The highest BCUT2D eigenvalue weighted by atomic mass is 16.1. The topological polar surface area (TPSA) is 120 Å². The maximum atomic E-state index is 12.2. The van der Waals surface area contributed by atoms with E-state index in [1.54, 1.807) is 6.34 Å². The number of primary amides is 1. The molecule has 5 aliphatic rings. The number of nitrogens with two attached hydrogens (primary N) is 1. The fraction of sp³-hybridized carbons (Fsp3) is 0.583. The van der Waals surface area contributed by atoms with Crippen molar-refractivity contribution in [3.8, 4) is 0 Å². The van der Waals surface area contributed by atoms with Gasteiger partial charge in [0.25, 0.3) is 0 Å². The van der Waals surface area contributed by atoms with Crippen LogP contribution >= 0.6 is 0 Å². The summed E-state index contributed by atoms with van der Waals surface area (Å²) in [4.78, 5) is 28.9. The zero-order chi connectivity index (χ0) is 22.4. The van der Waals surface area contributed by atoms with E-state index in [-0.39, 0.29) is 30.1 Å². The zero-order valence-corrected chi connectivity index (χ0v) is 18.8. The predicted octanol–water partition coefficient (Wildman–Crippen LogP) is 1.67. The monoisotopic (exact) mass is 448 g/mol. The van der Waals surface area contributed by atoms with E-state index in [9.17, 15) is 4.79 Å². The molecule has 5 N–H and O–H groups in total. The Bertz CT molecular complexity index is 996. The van der Waals surface area contributed by atoms with E-state index in [4.69, 9.17) is 15.7 Å². The highest BCUT2D eigenvalue weighted by molar-refractivity contribution is 6.10. The Labute approximate surface area is 194 Å². The zero-order valence-electron chi connectivity index (χ0n) is 18.8. The number of hydrogen-bond acceptors (Lipinski definition) is 7. The minimum absolute atomic E-state index is 0.0602. The van der Waals surface area contributed by atoms with Crippen LogP contribution in [0.1, 0.15) is 38.5 Å². The van der Waals surface area contributed by atoms with Gasteiger partial charge in [0.05, 0.1) is 18.3 Å². The number of guanidine groups is 1. The highest BCUT2D eigenvalue weighted by Crippen LogP contribution is 2.50. The molecule has 3 heterocycles. The molecule has 2 bridgehead atoms. The van der Waals surface area contributed by atoms with Crippen LogP contribution in [0.4, 0.5) is 11.4 Å². The first kappa shape index (κ1) is 20.5. The Morgan fingerprint density at radius 2 is 1.91 bits per heavy atom. The molecular formula is C24H32N8O. The SMILES string of the molecule is NC(=O)C1C2CCC(C2)C1N=C1NC(Nc2ccc(N3CCCCC3)cc2)=NC2N=CNC12. The molecule has 0 radical (unpaired) electrons. The van der Waals surface area contributed by atoms with Gasteiger partial charge in [0.15, 0.2) is 6.17 Å². The number of nitrogens with one attached hydrogen (secondary N) is 3. The van der Waals surface area contributed by atoms with E-state index in [1.165, 1.54) is 24.9 Å². The van der Waals surface area contributed by atoms with Gasteiger partial charge in [-0.2, -0.15) is 0 Å². The van der Waals surface area contributed by atoms with Gasteiger partial charge in [-0.05, 0) is 74.6 Å². The smallest absolute Gasteiger partial charge is 0.222 e. The lowest BCUT2D eigenvalue weighted by molar-refractivity contribution is -0.123. The van der Waals surface area contributed by atoms with Crippen molar-refractivity contribution in [2.75, 3.05) is 23.3 Å². The number of amides is 1. The summed E-state index contributed by atoms with van der Waals surface area (Å²) in [5.74, 6) is 1.82. The van der Waals surface area contributed by atoms with Crippen molar-refractivity contribution in [2.45, 2.75) is 56.8 Å². The van der Waals surface area contributed by atoms with Gasteiger partial charge >= 0.3 is 0 Å². The van der Waals surface area contributed by atoms with E-state index < -0.39 is 0 Å². The van der Waals surface area contributed by atoms with E-state index in [1.807, 2.05) is 0 Å². The van der Waals surface area contributed by atoms with Crippen LogP contribution in [0.2, 0.25) is 0 Å². The number of benzene rings is 1. The second-order valence-electron chi connectivity index (χ2n) is 9.92. The first-order chi connectivity index (χ1) is 16.2. The second kappa shape index (κ2) is 8.35. The van der Waals surface area contributed by atoms with Gasteiger partial charge in [0.1, 0.15) is 11.9 Å². The molecule has 174 valence electrons. The Morgan fingerprint density at radius 1 is 1.12 bits per heavy atom. The summed E-state index contributed by atoms with van der Waals surface area (Å²) in [5.41, 5.74) is 8.00. The summed E-state index contributed by atoms with van der Waals surface area (Å²) in [6.07, 6.45) is 8.53. The Balaban J connectivity index is 1.20. The number of nitrogens with zero attached hydrogens (tertiary/aromatic N) is 4. The lowest BCUT2D eigenvalue weighted by atomic mass is 9.84. The summed E-state index contributed by atoms with van der Waals surface area (Å²) in [6.45, 7) is 2.26. The molecule has 1 aromatic rings. The summed E-state index contributed by atoms with van der Waals surface area (Å²) < 4.78 is 0. The third kappa shape index (κ3) is 3.83. The van der Waals surface area contributed by atoms with Gasteiger partial charge in [0.2, 0.25) is 11.9 Å². The van der Waals surface area contributed by atoms with Crippen molar-refractivity contribution in [2.24, 2.45) is 38.5 Å². The number of fused-ring (bicyclic) bond motifs is 3. The third-order valence-corrected chi connectivity index (χ3v) is 7.92. The van der Waals surface area contributed by atoms with Gasteiger partial charge in [-0.15, -0.1) is 0 Å². The molecule has 6 atom stereocenters. The molecule has 0 spiro atoms. The molecule has 3 aliphatic heterocycles. The summed E-state index contributed by atoms with van der Waals surface area (Å²) >= 11 is 0. The third-order valence-electron chi connectivity index (χ3n) is 7.92. The number of carbonyl (C=O) groups is 1. The average molecular weight is 449 g/mol. The van der Waals surface area contributed by atoms with Crippen LogP contribution in [0.15, 0.2) is 39.2 Å². The molecule has 2 aliphatic carbocycles. The minimum Gasteiger partial charge on any atom is -0.372 e. The highest BCUT2D eigenvalue weighted by Gasteiger charge is 2.51. The van der Waals surface area contributed by atoms with Crippen molar-refractivity contribution in [3.05, 3.63) is 24.3 Å². The number of piperidine rings is 1. The van der Waals surface area contributed by atoms with Gasteiger partial charge in [-0.25, -0.2) is 9.98 Å². The van der Waals surface area contributed by atoms with Crippen LogP contribution in [0.5, 0.6) is 0 Å². The molecule has 1 amide bonds. The second-order valence-corrected chi connectivity index (χ2v) is 9.92. The lowest BCUT2D eigenvalue weighted by Crippen LogP contribution is -2.55. The summed E-state index contributed by atoms with van der Waals surface area (Å²) in [6, 6.07) is 8.31. The quantitative estimate of drug-likeness (QED) is 0.559. The molecule has 9 nitrogen and oxygen atoms in total. The van der Waals surface area contributed by atoms with Gasteiger partial charge in [0, 0.05) is 24.5 Å². The molecule has 0 aromatic heterocycles. The van der Waals surface area contributed by atoms with Crippen LogP contribution in [0.3, 0.4) is 0 Å². The molecule has 6 rings (SSSR count). The first-order valence-corrected chi connectivity index (χ1v) is 12.3. The molecule has 2 saturated carbocycles. The van der Waals surface area contributed by atoms with E-state index in [2.05, 4.69) is 50.1 Å². The van der Waals surface area contributed by atoms with Gasteiger partial charge in [-0.3, -0.25) is 9.79 Å². The molecule has 1 aromatic carbocycles. The number of anilines is 2. The fourth-order valence-electron chi connectivity index (χ4n) is 6.29. The molecule has 3 fully saturated rings.